The van der Waals surface area contributed by atoms with Crippen LogP contribution in [0.15, 0.2) is 30.3 Å². The maximum absolute atomic E-state index is 11.7. The lowest BCUT2D eigenvalue weighted by Gasteiger charge is -2.13. The van der Waals surface area contributed by atoms with E-state index in [4.69, 9.17) is 5.11 Å². The number of nitro benzene ring substituents is 1. The van der Waals surface area contributed by atoms with Gasteiger partial charge in [0.2, 0.25) is 5.91 Å². The molecule has 0 saturated carbocycles. The summed E-state index contributed by atoms with van der Waals surface area (Å²) in [6.45, 7) is 2.58. The van der Waals surface area contributed by atoms with Crippen molar-refractivity contribution in [1.29, 1.82) is 0 Å². The second-order valence-corrected chi connectivity index (χ2v) is 4.68. The summed E-state index contributed by atoms with van der Waals surface area (Å²) in [5.41, 5.74) is 0.355. The average Bonchev–Trinajstić information content (AvgIpc) is 2.49. The van der Waals surface area contributed by atoms with Gasteiger partial charge < -0.3 is 10.4 Å². The SMILES string of the molecule is CCC(CCO)CNC(=O)/C=C/c1ccccc1[N+](=O)[O-]. The molecule has 0 heterocycles. The van der Waals surface area contributed by atoms with Crippen molar-refractivity contribution in [3.05, 3.63) is 46.0 Å². The molecule has 0 radical (unpaired) electrons. The van der Waals surface area contributed by atoms with Crippen molar-refractivity contribution in [1.82, 2.24) is 5.32 Å². The van der Waals surface area contributed by atoms with Crippen LogP contribution in [0.25, 0.3) is 6.08 Å². The number of nitrogens with zero attached hydrogens (tertiary/aromatic N) is 1. The Labute approximate surface area is 123 Å². The quantitative estimate of drug-likeness (QED) is 0.436. The maximum Gasteiger partial charge on any atom is 0.276 e. The van der Waals surface area contributed by atoms with Crippen LogP contribution in [0, 0.1) is 16.0 Å². The summed E-state index contributed by atoms with van der Waals surface area (Å²) in [7, 11) is 0. The van der Waals surface area contributed by atoms with Crippen LogP contribution in [0.3, 0.4) is 0 Å². The van der Waals surface area contributed by atoms with Crippen molar-refractivity contribution in [2.75, 3.05) is 13.2 Å². The Morgan fingerprint density at radius 3 is 2.81 bits per heavy atom. The highest BCUT2D eigenvalue weighted by Gasteiger charge is 2.10. The standard InChI is InChI=1S/C15H20N2O4/c1-2-12(9-10-18)11-16-15(19)8-7-13-5-3-4-6-14(13)17(20)21/h3-8,12,18H,2,9-11H2,1H3,(H,16,19)/b8-7+. The number of aliphatic hydroxyl groups excluding tert-OH is 1. The molecule has 1 rings (SSSR count). The first-order valence-electron chi connectivity index (χ1n) is 6.88. The molecule has 0 aliphatic heterocycles. The van der Waals surface area contributed by atoms with Crippen LogP contribution < -0.4 is 5.32 Å². The number of amides is 1. The molecule has 0 aromatic heterocycles. The fourth-order valence-electron chi connectivity index (χ4n) is 1.90. The molecule has 21 heavy (non-hydrogen) atoms. The van der Waals surface area contributed by atoms with E-state index in [2.05, 4.69) is 5.32 Å². The lowest BCUT2D eigenvalue weighted by Crippen LogP contribution is -2.28. The van der Waals surface area contributed by atoms with Crippen LogP contribution >= 0.6 is 0 Å². The average molecular weight is 292 g/mol. The first kappa shape index (κ1) is 16.8. The van der Waals surface area contributed by atoms with Gasteiger partial charge in [-0.3, -0.25) is 14.9 Å². The zero-order valence-electron chi connectivity index (χ0n) is 12.0. The van der Waals surface area contributed by atoms with Crippen molar-refractivity contribution in [3.8, 4) is 0 Å². The van der Waals surface area contributed by atoms with E-state index >= 15 is 0 Å². The minimum absolute atomic E-state index is 0.0340. The second kappa shape index (κ2) is 8.86. The van der Waals surface area contributed by atoms with Gasteiger partial charge in [0.1, 0.15) is 0 Å². The normalized spacial score (nSPS) is 12.3. The van der Waals surface area contributed by atoms with Crippen molar-refractivity contribution in [3.63, 3.8) is 0 Å². The summed E-state index contributed by atoms with van der Waals surface area (Å²) in [5, 5.41) is 22.4. The summed E-state index contributed by atoms with van der Waals surface area (Å²) < 4.78 is 0. The van der Waals surface area contributed by atoms with Crippen LogP contribution in [-0.4, -0.2) is 29.1 Å². The summed E-state index contributed by atoms with van der Waals surface area (Å²) in [6.07, 6.45) is 4.23. The number of benzene rings is 1. The first-order chi connectivity index (χ1) is 10.1. The minimum Gasteiger partial charge on any atom is -0.396 e. The predicted octanol–water partition coefficient (Wildman–Crippen LogP) is 2.13. The first-order valence-corrected chi connectivity index (χ1v) is 6.88. The largest absolute Gasteiger partial charge is 0.396 e. The molecule has 1 aromatic carbocycles. The van der Waals surface area contributed by atoms with Crippen LogP contribution in [0.2, 0.25) is 0 Å². The van der Waals surface area contributed by atoms with E-state index in [9.17, 15) is 14.9 Å². The highest BCUT2D eigenvalue weighted by Crippen LogP contribution is 2.18. The van der Waals surface area contributed by atoms with Gasteiger partial charge in [-0.25, -0.2) is 0 Å². The second-order valence-electron chi connectivity index (χ2n) is 4.68. The molecule has 0 fully saturated rings. The van der Waals surface area contributed by atoms with Gasteiger partial charge in [0.05, 0.1) is 10.5 Å². The fraction of sp³-hybridized carbons (Fsp3) is 0.400. The van der Waals surface area contributed by atoms with E-state index in [0.29, 0.717) is 18.5 Å². The number of hydrogen-bond donors (Lipinski definition) is 2. The number of carbonyl (C=O) groups excluding carboxylic acids is 1. The summed E-state index contributed by atoms with van der Waals surface area (Å²) in [4.78, 5) is 22.1. The van der Waals surface area contributed by atoms with E-state index < -0.39 is 4.92 Å². The third kappa shape index (κ3) is 5.74. The van der Waals surface area contributed by atoms with Gasteiger partial charge in [-0.1, -0.05) is 25.5 Å². The summed E-state index contributed by atoms with van der Waals surface area (Å²) in [6, 6.07) is 6.24. The number of hydrogen-bond acceptors (Lipinski definition) is 4. The van der Waals surface area contributed by atoms with Gasteiger partial charge in [0.15, 0.2) is 0 Å². The molecular formula is C15H20N2O4. The number of rotatable bonds is 8. The van der Waals surface area contributed by atoms with E-state index in [1.165, 1.54) is 18.2 Å². The van der Waals surface area contributed by atoms with E-state index in [0.717, 1.165) is 6.42 Å². The molecule has 114 valence electrons. The Bertz CT molecular complexity index is 514. The molecule has 1 unspecified atom stereocenters. The van der Waals surface area contributed by atoms with Crippen molar-refractivity contribution in [2.45, 2.75) is 19.8 Å². The molecule has 1 amide bonds. The zero-order chi connectivity index (χ0) is 15.7. The minimum atomic E-state index is -0.480. The van der Waals surface area contributed by atoms with Gasteiger partial charge in [-0.05, 0) is 24.5 Å². The lowest BCUT2D eigenvalue weighted by molar-refractivity contribution is -0.385. The number of aliphatic hydroxyl groups is 1. The van der Waals surface area contributed by atoms with Gasteiger partial charge in [0.25, 0.3) is 5.69 Å². The van der Waals surface area contributed by atoms with E-state index in [1.54, 1.807) is 18.2 Å². The van der Waals surface area contributed by atoms with Gasteiger partial charge in [-0.2, -0.15) is 0 Å². The third-order valence-electron chi connectivity index (χ3n) is 3.23. The van der Waals surface area contributed by atoms with E-state index in [-0.39, 0.29) is 24.1 Å². The summed E-state index contributed by atoms with van der Waals surface area (Å²) >= 11 is 0. The Kier molecular flexibility index (Phi) is 7.11. The zero-order valence-corrected chi connectivity index (χ0v) is 12.0. The van der Waals surface area contributed by atoms with E-state index in [1.807, 2.05) is 6.92 Å². The van der Waals surface area contributed by atoms with Gasteiger partial charge in [-0.15, -0.1) is 0 Å². The Hall–Kier alpha value is -2.21. The molecule has 6 heteroatoms. The molecule has 0 aliphatic rings. The smallest absolute Gasteiger partial charge is 0.276 e. The number of nitro groups is 1. The molecule has 0 aliphatic carbocycles. The summed E-state index contributed by atoms with van der Waals surface area (Å²) in [5.74, 6) is -0.0667. The number of carbonyl (C=O) groups is 1. The monoisotopic (exact) mass is 292 g/mol. The van der Waals surface area contributed by atoms with Crippen molar-refractivity contribution < 1.29 is 14.8 Å². The number of para-hydroxylation sites is 1. The third-order valence-corrected chi connectivity index (χ3v) is 3.23. The molecule has 2 N–H and O–H groups in total. The molecular weight excluding hydrogens is 272 g/mol. The highest BCUT2D eigenvalue weighted by molar-refractivity contribution is 5.92. The Balaban J connectivity index is 2.60. The highest BCUT2D eigenvalue weighted by atomic mass is 16.6. The van der Waals surface area contributed by atoms with Crippen LogP contribution in [0.4, 0.5) is 5.69 Å². The molecule has 6 nitrogen and oxygen atoms in total. The molecule has 0 bridgehead atoms. The predicted molar refractivity (Wildman–Crippen MR) is 80.6 cm³/mol. The maximum atomic E-state index is 11.7. The lowest BCUT2D eigenvalue weighted by atomic mass is 10.0. The van der Waals surface area contributed by atoms with Crippen molar-refractivity contribution >= 4 is 17.7 Å². The van der Waals surface area contributed by atoms with Gasteiger partial charge in [0, 0.05) is 25.3 Å². The van der Waals surface area contributed by atoms with Gasteiger partial charge >= 0.3 is 0 Å². The topological polar surface area (TPSA) is 92.5 Å². The van der Waals surface area contributed by atoms with Crippen molar-refractivity contribution in [2.24, 2.45) is 5.92 Å². The van der Waals surface area contributed by atoms with Crippen LogP contribution in [-0.2, 0) is 4.79 Å². The fourth-order valence-corrected chi connectivity index (χ4v) is 1.90. The molecule has 1 atom stereocenters. The number of nitrogens with one attached hydrogen (secondary N) is 1. The van der Waals surface area contributed by atoms with Crippen LogP contribution in [0.1, 0.15) is 25.3 Å². The van der Waals surface area contributed by atoms with Crippen LogP contribution in [0.5, 0.6) is 0 Å². The molecule has 0 saturated heterocycles. The Morgan fingerprint density at radius 2 is 2.19 bits per heavy atom. The molecule has 0 spiro atoms. The molecule has 1 aromatic rings. The Morgan fingerprint density at radius 1 is 1.48 bits per heavy atom.